The summed E-state index contributed by atoms with van der Waals surface area (Å²) in [5.74, 6) is -2.71. The summed E-state index contributed by atoms with van der Waals surface area (Å²) in [5, 5.41) is 0. The molecular weight excluding hydrogens is 332 g/mol. The molecule has 0 atom stereocenters. The van der Waals surface area contributed by atoms with Crippen LogP contribution in [0.15, 0.2) is 12.1 Å². The Bertz CT molecular complexity index is 367. The van der Waals surface area contributed by atoms with Crippen LogP contribution in [0, 0.1) is 9.52 Å². The third-order valence-corrected chi connectivity index (χ3v) is 3.19. The number of nitrogens with zero attached hydrogens (tertiary/aromatic N) is 2. The van der Waals surface area contributed by atoms with Gasteiger partial charge >= 0.3 is 0 Å². The molecule has 2 nitrogen and oxygen atoms in total. The van der Waals surface area contributed by atoms with Gasteiger partial charge in [-0.1, -0.05) is 0 Å². The molecule has 0 saturated carbocycles. The van der Waals surface area contributed by atoms with E-state index in [0.717, 1.165) is 3.57 Å². The molecular formula is C10H10F3IN2. The van der Waals surface area contributed by atoms with Gasteiger partial charge in [0, 0.05) is 35.6 Å². The first-order chi connectivity index (χ1) is 7.46. The van der Waals surface area contributed by atoms with Gasteiger partial charge in [0.25, 0.3) is 5.92 Å². The molecule has 0 amide bonds. The van der Waals surface area contributed by atoms with E-state index in [9.17, 15) is 13.2 Å². The smallest absolute Gasteiger partial charge is 0.251 e. The van der Waals surface area contributed by atoms with Gasteiger partial charge in [-0.25, -0.2) is 13.8 Å². The van der Waals surface area contributed by atoms with Crippen LogP contribution in [0.25, 0.3) is 0 Å². The van der Waals surface area contributed by atoms with Gasteiger partial charge in [0.2, 0.25) is 5.95 Å². The highest BCUT2D eigenvalue weighted by atomic mass is 127. The van der Waals surface area contributed by atoms with Crippen molar-refractivity contribution in [2.24, 2.45) is 0 Å². The maximum atomic E-state index is 13.0. The molecule has 0 aliphatic carbocycles. The summed E-state index contributed by atoms with van der Waals surface area (Å²) >= 11 is 1.98. The molecule has 0 unspecified atom stereocenters. The molecule has 0 radical (unpaired) electrons. The van der Waals surface area contributed by atoms with Crippen LogP contribution in [0.1, 0.15) is 12.8 Å². The van der Waals surface area contributed by atoms with Crippen LogP contribution in [-0.2, 0) is 0 Å². The number of piperidine rings is 1. The molecule has 1 aromatic rings. The quantitative estimate of drug-likeness (QED) is 0.576. The normalized spacial score (nSPS) is 19.9. The largest absolute Gasteiger partial charge is 0.356 e. The van der Waals surface area contributed by atoms with Crippen molar-refractivity contribution in [3.05, 3.63) is 21.7 Å². The van der Waals surface area contributed by atoms with Gasteiger partial charge in [-0.15, -0.1) is 0 Å². The Morgan fingerprint density at radius 1 is 1.25 bits per heavy atom. The molecule has 1 saturated heterocycles. The molecule has 1 aliphatic heterocycles. The minimum absolute atomic E-state index is 0.193. The number of anilines is 1. The number of rotatable bonds is 1. The van der Waals surface area contributed by atoms with Gasteiger partial charge < -0.3 is 4.90 Å². The molecule has 2 rings (SSSR count). The van der Waals surface area contributed by atoms with E-state index in [4.69, 9.17) is 0 Å². The Kier molecular flexibility index (Phi) is 3.27. The first-order valence-corrected chi connectivity index (χ1v) is 6.00. The number of pyridine rings is 1. The number of halogens is 4. The van der Waals surface area contributed by atoms with E-state index in [1.165, 1.54) is 6.07 Å². The van der Waals surface area contributed by atoms with E-state index in [1.54, 1.807) is 11.0 Å². The van der Waals surface area contributed by atoms with Gasteiger partial charge in [0.1, 0.15) is 5.82 Å². The SMILES string of the molecule is Fc1cc(I)cc(N2CCC(F)(F)CC2)n1. The monoisotopic (exact) mass is 342 g/mol. The molecule has 0 aromatic carbocycles. The molecule has 1 fully saturated rings. The molecule has 16 heavy (non-hydrogen) atoms. The second kappa shape index (κ2) is 4.38. The average Bonchev–Trinajstić information content (AvgIpc) is 2.15. The van der Waals surface area contributed by atoms with Crippen LogP contribution >= 0.6 is 22.6 Å². The van der Waals surface area contributed by atoms with Crippen LogP contribution in [0.4, 0.5) is 19.0 Å². The Hall–Kier alpha value is -0.530. The number of aromatic nitrogens is 1. The predicted octanol–water partition coefficient (Wildman–Crippen LogP) is 3.06. The number of hydrogen-bond donors (Lipinski definition) is 0. The highest BCUT2D eigenvalue weighted by Gasteiger charge is 2.34. The summed E-state index contributed by atoms with van der Waals surface area (Å²) in [6, 6.07) is 3.01. The third-order valence-electron chi connectivity index (χ3n) is 2.56. The highest BCUT2D eigenvalue weighted by molar-refractivity contribution is 14.1. The summed E-state index contributed by atoms with van der Waals surface area (Å²) in [5.41, 5.74) is 0. The van der Waals surface area contributed by atoms with Crippen LogP contribution in [0.2, 0.25) is 0 Å². The van der Waals surface area contributed by atoms with Crippen molar-refractivity contribution < 1.29 is 13.2 Å². The summed E-state index contributed by atoms with van der Waals surface area (Å²) in [6.07, 6.45) is -0.385. The fraction of sp³-hybridized carbons (Fsp3) is 0.500. The zero-order valence-corrected chi connectivity index (χ0v) is 10.5. The van der Waals surface area contributed by atoms with E-state index in [1.807, 2.05) is 22.6 Å². The standard InChI is InChI=1S/C10H10F3IN2/c11-8-5-7(14)6-9(15-8)16-3-1-10(12,13)2-4-16/h5-6H,1-4H2. The van der Waals surface area contributed by atoms with E-state index in [-0.39, 0.29) is 25.9 Å². The van der Waals surface area contributed by atoms with Crippen molar-refractivity contribution in [2.45, 2.75) is 18.8 Å². The van der Waals surface area contributed by atoms with Crippen LogP contribution < -0.4 is 4.90 Å². The van der Waals surface area contributed by atoms with Crippen molar-refractivity contribution in [3.63, 3.8) is 0 Å². The van der Waals surface area contributed by atoms with Gasteiger partial charge in [-0.05, 0) is 28.7 Å². The van der Waals surface area contributed by atoms with Crippen LogP contribution in [0.5, 0.6) is 0 Å². The van der Waals surface area contributed by atoms with E-state index in [0.29, 0.717) is 5.82 Å². The fourth-order valence-corrected chi connectivity index (χ4v) is 2.21. The predicted molar refractivity (Wildman–Crippen MR) is 63.3 cm³/mol. The van der Waals surface area contributed by atoms with Crippen molar-refractivity contribution in [2.75, 3.05) is 18.0 Å². The zero-order chi connectivity index (χ0) is 11.8. The number of hydrogen-bond acceptors (Lipinski definition) is 2. The van der Waals surface area contributed by atoms with Crippen molar-refractivity contribution in [3.8, 4) is 0 Å². The molecule has 88 valence electrons. The molecule has 0 N–H and O–H groups in total. The van der Waals surface area contributed by atoms with Gasteiger partial charge in [0.15, 0.2) is 0 Å². The molecule has 6 heteroatoms. The average molecular weight is 342 g/mol. The zero-order valence-electron chi connectivity index (χ0n) is 8.39. The second-order valence-corrected chi connectivity index (χ2v) is 5.05. The minimum Gasteiger partial charge on any atom is -0.356 e. The van der Waals surface area contributed by atoms with E-state index >= 15 is 0 Å². The number of alkyl halides is 2. The van der Waals surface area contributed by atoms with Gasteiger partial charge in [0.05, 0.1) is 0 Å². The fourth-order valence-electron chi connectivity index (χ4n) is 1.68. The summed E-state index contributed by atoms with van der Waals surface area (Å²) in [7, 11) is 0. The van der Waals surface area contributed by atoms with Gasteiger partial charge in [-0.2, -0.15) is 4.39 Å². The maximum Gasteiger partial charge on any atom is 0.251 e. The lowest BCUT2D eigenvalue weighted by atomic mass is 10.1. The minimum atomic E-state index is -2.59. The van der Waals surface area contributed by atoms with E-state index < -0.39 is 11.9 Å². The Labute approximate surface area is 105 Å². The first-order valence-electron chi connectivity index (χ1n) is 4.92. The van der Waals surface area contributed by atoms with Crippen molar-refractivity contribution >= 4 is 28.4 Å². The molecule has 2 heterocycles. The Morgan fingerprint density at radius 2 is 1.88 bits per heavy atom. The first kappa shape index (κ1) is 11.9. The molecule has 1 aliphatic rings. The summed E-state index contributed by atoms with van der Waals surface area (Å²) < 4.78 is 39.6. The molecule has 0 spiro atoms. The molecule has 1 aromatic heterocycles. The Balaban J connectivity index is 2.14. The lowest BCUT2D eigenvalue weighted by molar-refractivity contribution is -0.0221. The van der Waals surface area contributed by atoms with E-state index in [2.05, 4.69) is 4.98 Å². The Morgan fingerprint density at radius 3 is 2.44 bits per heavy atom. The van der Waals surface area contributed by atoms with Crippen LogP contribution in [0.3, 0.4) is 0 Å². The highest BCUT2D eigenvalue weighted by Crippen LogP contribution is 2.30. The lowest BCUT2D eigenvalue weighted by Gasteiger charge is -2.32. The van der Waals surface area contributed by atoms with Crippen molar-refractivity contribution in [1.82, 2.24) is 4.98 Å². The maximum absolute atomic E-state index is 13.0. The second-order valence-electron chi connectivity index (χ2n) is 3.81. The van der Waals surface area contributed by atoms with Gasteiger partial charge in [-0.3, -0.25) is 0 Å². The topological polar surface area (TPSA) is 16.1 Å². The lowest BCUT2D eigenvalue weighted by Crippen LogP contribution is -2.39. The molecule has 0 bridgehead atoms. The third kappa shape index (κ3) is 2.78. The summed E-state index contributed by atoms with van der Waals surface area (Å²) in [4.78, 5) is 5.41. The summed E-state index contributed by atoms with van der Waals surface area (Å²) in [6.45, 7) is 0.444. The van der Waals surface area contributed by atoms with Crippen LogP contribution in [-0.4, -0.2) is 24.0 Å². The van der Waals surface area contributed by atoms with Crippen molar-refractivity contribution in [1.29, 1.82) is 0 Å².